The van der Waals surface area contributed by atoms with Crippen LogP contribution in [-0.2, 0) is 9.84 Å². The molecule has 0 spiro atoms. The number of nitrogens with zero attached hydrogens (tertiary/aromatic N) is 4. The molecule has 1 aromatic carbocycles. The van der Waals surface area contributed by atoms with Gasteiger partial charge in [0.1, 0.15) is 0 Å². The van der Waals surface area contributed by atoms with Crippen molar-refractivity contribution < 1.29 is 8.42 Å². The molecule has 2 bridgehead atoms. The molecule has 5 rings (SSSR count). The first kappa shape index (κ1) is 21.5. The fourth-order valence-corrected chi connectivity index (χ4v) is 6.67. The van der Waals surface area contributed by atoms with E-state index in [0.29, 0.717) is 43.3 Å². The van der Waals surface area contributed by atoms with E-state index < -0.39 is 9.84 Å². The van der Waals surface area contributed by atoms with Crippen LogP contribution in [0.4, 0.5) is 11.4 Å². The van der Waals surface area contributed by atoms with E-state index in [-0.39, 0.29) is 11.5 Å². The summed E-state index contributed by atoms with van der Waals surface area (Å²) in [6.45, 7) is 10.3. The number of sulfone groups is 1. The van der Waals surface area contributed by atoms with Crippen LogP contribution in [0.3, 0.4) is 0 Å². The van der Waals surface area contributed by atoms with Crippen molar-refractivity contribution in [2.24, 2.45) is 17.8 Å². The van der Waals surface area contributed by atoms with Gasteiger partial charge in [-0.05, 0) is 55.0 Å². The van der Waals surface area contributed by atoms with Crippen LogP contribution in [0.2, 0.25) is 0 Å². The number of piperidine rings is 1. The third-order valence-electron chi connectivity index (χ3n) is 7.60. The Kier molecular flexibility index (Phi) is 6.26. The Morgan fingerprint density at radius 3 is 2.33 bits per heavy atom. The van der Waals surface area contributed by atoms with Crippen LogP contribution < -0.4 is 9.80 Å². The summed E-state index contributed by atoms with van der Waals surface area (Å²) in [7, 11) is -2.86. The number of hydrogen-bond donors (Lipinski definition) is 0. The minimum absolute atomic E-state index is 0.252. The predicted octanol–water partition coefficient (Wildman–Crippen LogP) is 2.62. The lowest BCUT2D eigenvalue weighted by molar-refractivity contribution is 0.203. The first-order chi connectivity index (χ1) is 14.4. The Morgan fingerprint density at radius 2 is 1.67 bits per heavy atom. The topological polar surface area (TPSA) is 67.7 Å². The zero-order valence-corrected chi connectivity index (χ0v) is 19.0. The number of nitriles is 1. The van der Waals surface area contributed by atoms with Crippen molar-refractivity contribution >= 4 is 21.2 Å². The fourth-order valence-electron chi connectivity index (χ4n) is 5.46. The largest absolute Gasteiger partial charge is 0.369 e. The maximum Gasteiger partial charge on any atom is 0.153 e. The number of hydrogen-bond acceptors (Lipinski definition) is 6. The molecule has 4 aliphatic heterocycles. The Balaban J connectivity index is 1.48. The van der Waals surface area contributed by atoms with Crippen molar-refractivity contribution in [1.29, 1.82) is 5.26 Å². The average Bonchev–Trinajstić information content (AvgIpc) is 2.98. The summed E-state index contributed by atoms with van der Waals surface area (Å²) < 4.78 is 23.4. The molecule has 7 heteroatoms. The van der Waals surface area contributed by atoms with Crippen LogP contribution >= 0.6 is 0 Å². The molecule has 6 nitrogen and oxygen atoms in total. The summed E-state index contributed by atoms with van der Waals surface area (Å²) in [5.41, 5.74) is 2.39. The maximum atomic E-state index is 11.7. The molecule has 0 radical (unpaired) electrons. The van der Waals surface area contributed by atoms with Gasteiger partial charge in [0, 0.05) is 56.6 Å². The number of anilines is 2. The Labute approximate surface area is 181 Å². The number of benzene rings is 1. The number of rotatable bonds is 5. The minimum atomic E-state index is -2.86. The molecule has 0 saturated carbocycles. The predicted molar refractivity (Wildman–Crippen MR) is 122 cm³/mol. The smallest absolute Gasteiger partial charge is 0.153 e. The van der Waals surface area contributed by atoms with Crippen LogP contribution in [0.25, 0.3) is 0 Å². The van der Waals surface area contributed by atoms with Gasteiger partial charge < -0.3 is 14.7 Å². The van der Waals surface area contributed by atoms with E-state index in [1.165, 1.54) is 5.69 Å². The standard InChI is InChI=1S/C23H34N4O2S/c1-18-19(2)23-17-25(10-4-3-9-24)15-20(18)16-27(23)22-7-5-21(6-8-22)26-11-13-30(28,29)14-12-26/h5-8,18-20,23H,3-4,10-17H2,1-2H3/t18-,19+,20?,23?/m1/s1. The van der Waals surface area contributed by atoms with E-state index in [1.54, 1.807) is 0 Å². The van der Waals surface area contributed by atoms with Gasteiger partial charge in [-0.1, -0.05) is 13.8 Å². The molecule has 0 amide bonds. The maximum absolute atomic E-state index is 11.7. The zero-order chi connectivity index (χ0) is 21.3. The second-order valence-electron chi connectivity index (χ2n) is 9.37. The molecule has 1 aromatic rings. The first-order valence-corrected chi connectivity index (χ1v) is 13.1. The highest BCUT2D eigenvalue weighted by atomic mass is 32.2. The summed E-state index contributed by atoms with van der Waals surface area (Å²) in [6.07, 6.45) is 1.60. The van der Waals surface area contributed by atoms with E-state index in [0.717, 1.165) is 38.3 Å². The van der Waals surface area contributed by atoms with Crippen LogP contribution in [-0.4, -0.2) is 70.1 Å². The van der Waals surface area contributed by atoms with Crippen molar-refractivity contribution in [2.45, 2.75) is 32.7 Å². The molecular formula is C23H34N4O2S. The molecule has 30 heavy (non-hydrogen) atoms. The van der Waals surface area contributed by atoms with Crippen molar-refractivity contribution in [3.8, 4) is 6.07 Å². The van der Waals surface area contributed by atoms with Crippen LogP contribution in [0.15, 0.2) is 24.3 Å². The normalized spacial score (nSPS) is 31.4. The molecule has 2 unspecified atom stereocenters. The lowest BCUT2D eigenvalue weighted by Crippen LogP contribution is -2.52. The fraction of sp³-hybridized carbons (Fsp3) is 0.696. The first-order valence-electron chi connectivity index (χ1n) is 11.3. The molecule has 4 fully saturated rings. The highest BCUT2D eigenvalue weighted by Crippen LogP contribution is 2.39. The Bertz CT molecular complexity index is 865. The molecule has 0 aromatic heterocycles. The van der Waals surface area contributed by atoms with E-state index in [4.69, 9.17) is 5.26 Å². The molecule has 4 saturated heterocycles. The lowest BCUT2D eigenvalue weighted by Gasteiger charge is -2.46. The summed E-state index contributed by atoms with van der Waals surface area (Å²) in [5, 5.41) is 8.87. The van der Waals surface area contributed by atoms with E-state index >= 15 is 0 Å². The van der Waals surface area contributed by atoms with Crippen LogP contribution in [0.1, 0.15) is 26.7 Å². The summed E-state index contributed by atoms with van der Waals surface area (Å²) in [6, 6.07) is 11.5. The SMILES string of the molecule is C[C@@H]1C2CN(CCCC#N)CC(CN2c2ccc(N3CCS(=O)(=O)CC3)cc2)[C@@H]1C. The van der Waals surface area contributed by atoms with Gasteiger partial charge in [0.15, 0.2) is 9.84 Å². The average molecular weight is 431 g/mol. The number of unbranched alkanes of at least 4 members (excludes halogenated alkanes) is 1. The van der Waals surface area contributed by atoms with Crippen molar-refractivity contribution in [3.05, 3.63) is 24.3 Å². The van der Waals surface area contributed by atoms with Gasteiger partial charge in [-0.25, -0.2) is 8.42 Å². The van der Waals surface area contributed by atoms with Gasteiger partial charge in [-0.3, -0.25) is 0 Å². The summed E-state index contributed by atoms with van der Waals surface area (Å²) >= 11 is 0. The second-order valence-corrected chi connectivity index (χ2v) is 11.7. The molecule has 0 aliphatic carbocycles. The molecular weight excluding hydrogens is 396 g/mol. The van der Waals surface area contributed by atoms with E-state index in [9.17, 15) is 8.42 Å². The third-order valence-corrected chi connectivity index (χ3v) is 9.21. The van der Waals surface area contributed by atoms with Gasteiger partial charge in [-0.15, -0.1) is 0 Å². The molecule has 4 atom stereocenters. The Hall–Kier alpha value is -1.78. The Morgan fingerprint density at radius 1 is 1.00 bits per heavy atom. The van der Waals surface area contributed by atoms with Crippen LogP contribution in [0.5, 0.6) is 0 Å². The van der Waals surface area contributed by atoms with Crippen molar-refractivity contribution in [2.75, 3.05) is 60.6 Å². The summed E-state index contributed by atoms with van der Waals surface area (Å²) in [5.74, 6) is 2.50. The van der Waals surface area contributed by atoms with Crippen molar-refractivity contribution in [1.82, 2.24) is 4.90 Å². The molecule has 0 N–H and O–H groups in total. The summed E-state index contributed by atoms with van der Waals surface area (Å²) in [4.78, 5) is 7.36. The van der Waals surface area contributed by atoms with Gasteiger partial charge in [0.05, 0.1) is 17.6 Å². The van der Waals surface area contributed by atoms with Crippen LogP contribution in [0, 0.1) is 29.1 Å². The van der Waals surface area contributed by atoms with E-state index in [1.807, 2.05) is 0 Å². The van der Waals surface area contributed by atoms with Gasteiger partial charge >= 0.3 is 0 Å². The zero-order valence-electron chi connectivity index (χ0n) is 18.2. The van der Waals surface area contributed by atoms with Gasteiger partial charge in [0.2, 0.25) is 0 Å². The van der Waals surface area contributed by atoms with Gasteiger partial charge in [-0.2, -0.15) is 5.26 Å². The molecule has 4 heterocycles. The van der Waals surface area contributed by atoms with E-state index in [2.05, 4.69) is 58.9 Å². The quantitative estimate of drug-likeness (QED) is 0.669. The monoisotopic (exact) mass is 430 g/mol. The molecule has 164 valence electrons. The third kappa shape index (κ3) is 4.45. The number of fused-ring (bicyclic) bond motifs is 4. The second kappa shape index (κ2) is 8.76. The minimum Gasteiger partial charge on any atom is -0.369 e. The highest BCUT2D eigenvalue weighted by molar-refractivity contribution is 7.91. The lowest BCUT2D eigenvalue weighted by atomic mass is 9.76. The highest BCUT2D eigenvalue weighted by Gasteiger charge is 2.43. The van der Waals surface area contributed by atoms with Crippen molar-refractivity contribution in [3.63, 3.8) is 0 Å². The molecule has 4 aliphatic rings. The van der Waals surface area contributed by atoms with Gasteiger partial charge in [0.25, 0.3) is 0 Å².